The Bertz CT molecular complexity index is 292. The molecule has 4 heteroatoms. The molecule has 0 radical (unpaired) electrons. The molecule has 0 aliphatic heterocycles. The first kappa shape index (κ1) is 10.6. The highest BCUT2D eigenvalue weighted by molar-refractivity contribution is 7.80. The molecule has 0 unspecified atom stereocenters. The molecular formula is C9H14N2S2. The van der Waals surface area contributed by atoms with Gasteiger partial charge in [0.2, 0.25) is 0 Å². The summed E-state index contributed by atoms with van der Waals surface area (Å²) in [5.41, 5.74) is 6.59. The fraction of sp³-hybridized carbons (Fsp3) is 0.556. The van der Waals surface area contributed by atoms with Crippen LogP contribution in [0.2, 0.25) is 0 Å². The first-order valence-corrected chi connectivity index (χ1v) is 5.58. The molecule has 0 bridgehead atoms. The predicted molar refractivity (Wildman–Crippen MR) is 61.1 cm³/mol. The first-order valence-electron chi connectivity index (χ1n) is 4.29. The molecule has 1 heterocycles. The second-order valence-electron chi connectivity index (χ2n) is 3.47. The number of thiocarbonyl (C=S) groups is 1. The lowest BCUT2D eigenvalue weighted by Crippen LogP contribution is -2.10. The molecule has 1 aromatic heterocycles. The van der Waals surface area contributed by atoms with E-state index in [0.29, 0.717) is 17.3 Å². The van der Waals surface area contributed by atoms with Gasteiger partial charge in [-0.2, -0.15) is 0 Å². The smallest absolute Gasteiger partial charge is 0.0995 e. The van der Waals surface area contributed by atoms with Crippen molar-refractivity contribution >= 4 is 28.5 Å². The Morgan fingerprint density at radius 2 is 2.38 bits per heavy atom. The van der Waals surface area contributed by atoms with Crippen LogP contribution in [0.3, 0.4) is 0 Å². The van der Waals surface area contributed by atoms with Crippen LogP contribution in [-0.2, 0) is 12.8 Å². The zero-order chi connectivity index (χ0) is 9.84. The molecule has 0 aromatic carbocycles. The van der Waals surface area contributed by atoms with E-state index in [1.165, 1.54) is 0 Å². The summed E-state index contributed by atoms with van der Waals surface area (Å²) in [7, 11) is 0. The van der Waals surface area contributed by atoms with Gasteiger partial charge in [0.15, 0.2) is 0 Å². The van der Waals surface area contributed by atoms with E-state index in [0.717, 1.165) is 17.1 Å². The molecule has 1 rings (SSSR count). The van der Waals surface area contributed by atoms with Gasteiger partial charge in [-0.1, -0.05) is 26.1 Å². The summed E-state index contributed by atoms with van der Waals surface area (Å²) in [6.45, 7) is 4.37. The minimum Gasteiger partial charge on any atom is -0.393 e. The Kier molecular flexibility index (Phi) is 3.81. The Morgan fingerprint density at radius 3 is 2.92 bits per heavy atom. The monoisotopic (exact) mass is 214 g/mol. The third kappa shape index (κ3) is 3.83. The summed E-state index contributed by atoms with van der Waals surface area (Å²) in [6.07, 6.45) is 1.67. The molecule has 0 aliphatic carbocycles. The van der Waals surface area contributed by atoms with E-state index in [9.17, 15) is 0 Å². The van der Waals surface area contributed by atoms with Gasteiger partial charge in [-0.25, -0.2) is 4.98 Å². The van der Waals surface area contributed by atoms with Gasteiger partial charge in [-0.15, -0.1) is 11.3 Å². The summed E-state index contributed by atoms with van der Waals surface area (Å²) in [4.78, 5) is 4.96. The normalized spacial score (nSPS) is 10.7. The number of nitrogens with two attached hydrogens (primary N) is 1. The molecule has 0 atom stereocenters. The second kappa shape index (κ2) is 4.67. The second-order valence-corrected chi connectivity index (χ2v) is 4.94. The summed E-state index contributed by atoms with van der Waals surface area (Å²) in [6, 6.07) is 0. The number of thiazole rings is 1. The molecule has 0 spiro atoms. The lowest BCUT2D eigenvalue weighted by molar-refractivity contribution is 0.637. The maximum atomic E-state index is 5.43. The van der Waals surface area contributed by atoms with Gasteiger partial charge in [-0.3, -0.25) is 0 Å². The summed E-state index contributed by atoms with van der Waals surface area (Å²) in [5, 5.41) is 3.12. The Hall–Kier alpha value is -0.480. The Balaban J connectivity index is 2.58. The predicted octanol–water partition coefficient (Wildman–Crippen LogP) is 2.17. The Labute approximate surface area is 88.2 Å². The van der Waals surface area contributed by atoms with Gasteiger partial charge in [0, 0.05) is 11.8 Å². The minimum absolute atomic E-state index is 0.519. The number of nitrogens with zero attached hydrogens (tertiary/aromatic N) is 1. The van der Waals surface area contributed by atoms with E-state index in [1.807, 2.05) is 0 Å². The van der Waals surface area contributed by atoms with Gasteiger partial charge in [0.1, 0.15) is 0 Å². The van der Waals surface area contributed by atoms with Crippen molar-refractivity contribution < 1.29 is 0 Å². The molecule has 0 aliphatic rings. The molecular weight excluding hydrogens is 200 g/mol. The average molecular weight is 214 g/mol. The van der Waals surface area contributed by atoms with Crippen molar-refractivity contribution in [2.45, 2.75) is 26.7 Å². The van der Waals surface area contributed by atoms with Gasteiger partial charge in [0.25, 0.3) is 0 Å². The van der Waals surface area contributed by atoms with Gasteiger partial charge < -0.3 is 5.73 Å². The van der Waals surface area contributed by atoms with Crippen LogP contribution in [0, 0.1) is 5.92 Å². The highest BCUT2D eigenvalue weighted by atomic mass is 32.1. The SMILES string of the molecule is CC(C)Cc1csc(CC(N)=S)n1. The number of aromatic nitrogens is 1. The third-order valence-corrected chi connectivity index (χ3v) is 2.58. The highest BCUT2D eigenvalue weighted by Gasteiger charge is 2.04. The van der Waals surface area contributed by atoms with Crippen LogP contribution in [0.1, 0.15) is 24.5 Å². The van der Waals surface area contributed by atoms with Gasteiger partial charge >= 0.3 is 0 Å². The van der Waals surface area contributed by atoms with E-state index in [4.69, 9.17) is 18.0 Å². The van der Waals surface area contributed by atoms with Crippen LogP contribution >= 0.6 is 23.6 Å². The van der Waals surface area contributed by atoms with Crippen molar-refractivity contribution in [1.29, 1.82) is 0 Å². The topological polar surface area (TPSA) is 38.9 Å². The maximum Gasteiger partial charge on any atom is 0.0995 e. The number of hydrogen-bond acceptors (Lipinski definition) is 3. The summed E-state index contributed by atoms with van der Waals surface area (Å²) in [5.74, 6) is 0.653. The van der Waals surface area contributed by atoms with E-state index in [-0.39, 0.29) is 0 Å². The molecule has 0 saturated heterocycles. The molecule has 1 aromatic rings. The number of hydrogen-bond donors (Lipinski definition) is 1. The van der Waals surface area contributed by atoms with Crippen LogP contribution in [0.15, 0.2) is 5.38 Å². The van der Waals surface area contributed by atoms with Crippen molar-refractivity contribution in [3.63, 3.8) is 0 Å². The highest BCUT2D eigenvalue weighted by Crippen LogP contribution is 2.13. The first-order chi connectivity index (χ1) is 6.08. The molecule has 2 nitrogen and oxygen atoms in total. The van der Waals surface area contributed by atoms with E-state index >= 15 is 0 Å². The molecule has 13 heavy (non-hydrogen) atoms. The van der Waals surface area contributed by atoms with Crippen molar-refractivity contribution in [2.24, 2.45) is 11.7 Å². The van der Waals surface area contributed by atoms with Crippen LogP contribution in [0.25, 0.3) is 0 Å². The van der Waals surface area contributed by atoms with Crippen LogP contribution < -0.4 is 5.73 Å². The van der Waals surface area contributed by atoms with E-state index in [1.54, 1.807) is 11.3 Å². The lowest BCUT2D eigenvalue weighted by Gasteiger charge is -1.98. The molecule has 0 saturated carbocycles. The lowest BCUT2D eigenvalue weighted by atomic mass is 10.1. The minimum atomic E-state index is 0.519. The third-order valence-electron chi connectivity index (χ3n) is 1.54. The largest absolute Gasteiger partial charge is 0.393 e. The zero-order valence-corrected chi connectivity index (χ0v) is 9.54. The Morgan fingerprint density at radius 1 is 1.69 bits per heavy atom. The summed E-state index contributed by atoms with van der Waals surface area (Å²) >= 11 is 6.46. The van der Waals surface area contributed by atoms with Crippen LogP contribution in [0.4, 0.5) is 0 Å². The van der Waals surface area contributed by atoms with Crippen LogP contribution in [0.5, 0.6) is 0 Å². The molecule has 0 fully saturated rings. The van der Waals surface area contributed by atoms with Crippen molar-refractivity contribution in [2.75, 3.05) is 0 Å². The molecule has 2 N–H and O–H groups in total. The molecule has 72 valence electrons. The number of rotatable bonds is 4. The molecule has 0 amide bonds. The standard InChI is InChI=1S/C9H14N2S2/c1-6(2)3-7-5-13-9(11-7)4-8(10)12/h5-6H,3-4H2,1-2H3,(H2,10,12). The maximum absolute atomic E-state index is 5.43. The zero-order valence-electron chi connectivity index (χ0n) is 7.91. The van der Waals surface area contributed by atoms with Gasteiger partial charge in [-0.05, 0) is 12.3 Å². The summed E-state index contributed by atoms with van der Waals surface area (Å²) < 4.78 is 0. The fourth-order valence-electron chi connectivity index (χ4n) is 1.09. The van der Waals surface area contributed by atoms with Crippen molar-refractivity contribution in [3.8, 4) is 0 Å². The van der Waals surface area contributed by atoms with E-state index in [2.05, 4.69) is 24.2 Å². The quantitative estimate of drug-likeness (QED) is 0.781. The van der Waals surface area contributed by atoms with E-state index < -0.39 is 0 Å². The van der Waals surface area contributed by atoms with Crippen molar-refractivity contribution in [3.05, 3.63) is 16.1 Å². The van der Waals surface area contributed by atoms with Gasteiger partial charge in [0.05, 0.1) is 15.7 Å². The van der Waals surface area contributed by atoms with Crippen LogP contribution in [-0.4, -0.2) is 9.97 Å². The fourth-order valence-corrected chi connectivity index (χ4v) is 2.15. The average Bonchev–Trinajstić information content (AvgIpc) is 2.33. The van der Waals surface area contributed by atoms with Crippen molar-refractivity contribution in [1.82, 2.24) is 4.98 Å².